The van der Waals surface area contributed by atoms with Crippen LogP contribution in [0.5, 0.6) is 0 Å². The van der Waals surface area contributed by atoms with Crippen LogP contribution in [0.3, 0.4) is 0 Å². The van der Waals surface area contributed by atoms with E-state index < -0.39 is 10.8 Å². The van der Waals surface area contributed by atoms with Crippen molar-refractivity contribution < 1.29 is 4.21 Å². The first-order valence-electron chi connectivity index (χ1n) is 6.15. The molecule has 0 aliphatic rings. The van der Waals surface area contributed by atoms with Crippen LogP contribution in [0, 0.1) is 6.92 Å². The highest BCUT2D eigenvalue weighted by Gasteiger charge is 2.12. The highest BCUT2D eigenvalue weighted by Crippen LogP contribution is 2.17. The number of aryl methyl sites for hydroxylation is 1. The van der Waals surface area contributed by atoms with Gasteiger partial charge in [0, 0.05) is 34.9 Å². The SMILES string of the molecule is CCC(NC(C)CS(C)=O)c1ccc(C)cc1. The molecule has 96 valence electrons. The summed E-state index contributed by atoms with van der Waals surface area (Å²) in [5.41, 5.74) is 2.60. The molecule has 3 atom stereocenters. The van der Waals surface area contributed by atoms with E-state index >= 15 is 0 Å². The molecule has 0 aliphatic carbocycles. The molecule has 17 heavy (non-hydrogen) atoms. The van der Waals surface area contributed by atoms with E-state index in [1.807, 2.05) is 0 Å². The third-order valence-electron chi connectivity index (χ3n) is 2.86. The number of hydrogen-bond donors (Lipinski definition) is 1. The summed E-state index contributed by atoms with van der Waals surface area (Å²) in [5, 5.41) is 3.54. The molecule has 1 aromatic rings. The summed E-state index contributed by atoms with van der Waals surface area (Å²) in [6.45, 7) is 6.37. The zero-order valence-electron chi connectivity index (χ0n) is 11.2. The lowest BCUT2D eigenvalue weighted by atomic mass is 10.0. The first kappa shape index (κ1) is 14.4. The fourth-order valence-corrected chi connectivity index (χ4v) is 2.79. The van der Waals surface area contributed by atoms with Crippen molar-refractivity contribution >= 4 is 10.8 Å². The Balaban J connectivity index is 2.65. The Morgan fingerprint density at radius 3 is 2.35 bits per heavy atom. The Morgan fingerprint density at radius 1 is 1.29 bits per heavy atom. The fourth-order valence-electron chi connectivity index (χ4n) is 1.99. The Labute approximate surface area is 107 Å². The van der Waals surface area contributed by atoms with E-state index in [1.165, 1.54) is 11.1 Å². The monoisotopic (exact) mass is 253 g/mol. The van der Waals surface area contributed by atoms with Crippen LogP contribution in [0.25, 0.3) is 0 Å². The molecule has 1 rings (SSSR count). The molecule has 3 unspecified atom stereocenters. The zero-order valence-corrected chi connectivity index (χ0v) is 12.0. The highest BCUT2D eigenvalue weighted by molar-refractivity contribution is 7.84. The van der Waals surface area contributed by atoms with Crippen LogP contribution in [-0.2, 0) is 10.8 Å². The van der Waals surface area contributed by atoms with E-state index in [4.69, 9.17) is 0 Å². The minimum atomic E-state index is -0.737. The van der Waals surface area contributed by atoms with E-state index in [0.29, 0.717) is 11.8 Å². The molecule has 0 aliphatic heterocycles. The molecule has 2 nitrogen and oxygen atoms in total. The van der Waals surface area contributed by atoms with E-state index in [1.54, 1.807) is 6.26 Å². The predicted molar refractivity (Wildman–Crippen MR) is 75.7 cm³/mol. The quantitative estimate of drug-likeness (QED) is 0.844. The van der Waals surface area contributed by atoms with E-state index in [-0.39, 0.29) is 6.04 Å². The second kappa shape index (κ2) is 6.92. The summed E-state index contributed by atoms with van der Waals surface area (Å²) < 4.78 is 11.2. The van der Waals surface area contributed by atoms with Crippen LogP contribution in [-0.4, -0.2) is 22.3 Å². The van der Waals surface area contributed by atoms with Gasteiger partial charge >= 0.3 is 0 Å². The van der Waals surface area contributed by atoms with Crippen molar-refractivity contribution in [3.63, 3.8) is 0 Å². The van der Waals surface area contributed by atoms with Crippen LogP contribution in [0.4, 0.5) is 0 Å². The van der Waals surface area contributed by atoms with Gasteiger partial charge in [-0.25, -0.2) is 0 Å². The molecule has 1 N–H and O–H groups in total. The number of rotatable bonds is 6. The minimum Gasteiger partial charge on any atom is -0.307 e. The van der Waals surface area contributed by atoms with Crippen molar-refractivity contribution in [1.29, 1.82) is 0 Å². The smallest absolute Gasteiger partial charge is 0.0383 e. The molecular weight excluding hydrogens is 230 g/mol. The first-order valence-corrected chi connectivity index (χ1v) is 7.88. The zero-order chi connectivity index (χ0) is 12.8. The lowest BCUT2D eigenvalue weighted by molar-refractivity contribution is 0.468. The summed E-state index contributed by atoms with van der Waals surface area (Å²) in [6, 6.07) is 9.27. The summed E-state index contributed by atoms with van der Waals surface area (Å²) >= 11 is 0. The molecule has 0 saturated heterocycles. The maximum absolute atomic E-state index is 11.2. The van der Waals surface area contributed by atoms with Gasteiger partial charge in [-0.3, -0.25) is 4.21 Å². The first-order chi connectivity index (χ1) is 8.02. The maximum Gasteiger partial charge on any atom is 0.0383 e. The van der Waals surface area contributed by atoms with Crippen molar-refractivity contribution in [3.05, 3.63) is 35.4 Å². The number of nitrogens with one attached hydrogen (secondary N) is 1. The van der Waals surface area contributed by atoms with E-state index in [0.717, 1.165) is 6.42 Å². The van der Waals surface area contributed by atoms with Crippen molar-refractivity contribution in [2.75, 3.05) is 12.0 Å². The Morgan fingerprint density at radius 2 is 1.88 bits per heavy atom. The topological polar surface area (TPSA) is 29.1 Å². The Kier molecular flexibility index (Phi) is 5.86. The van der Waals surface area contributed by atoms with Gasteiger partial charge in [0.05, 0.1) is 0 Å². The average molecular weight is 253 g/mol. The Hall–Kier alpha value is -0.670. The Bertz CT molecular complexity index is 361. The standard InChI is InChI=1S/C14H23NOS/c1-5-14(15-12(3)10-17(4)16)13-8-6-11(2)7-9-13/h6-9,12,14-15H,5,10H2,1-4H3. The third-order valence-corrected chi connectivity index (χ3v) is 3.83. The lowest BCUT2D eigenvalue weighted by Crippen LogP contribution is -2.34. The summed E-state index contributed by atoms with van der Waals surface area (Å²) in [6.07, 6.45) is 2.80. The van der Waals surface area contributed by atoms with Gasteiger partial charge in [-0.1, -0.05) is 36.8 Å². The number of hydrogen-bond acceptors (Lipinski definition) is 2. The van der Waals surface area contributed by atoms with Gasteiger partial charge in [0.2, 0.25) is 0 Å². The van der Waals surface area contributed by atoms with Crippen LogP contribution < -0.4 is 5.32 Å². The van der Waals surface area contributed by atoms with Crippen LogP contribution >= 0.6 is 0 Å². The average Bonchev–Trinajstić information content (AvgIpc) is 2.26. The minimum absolute atomic E-state index is 0.284. The van der Waals surface area contributed by atoms with E-state index in [9.17, 15) is 4.21 Å². The lowest BCUT2D eigenvalue weighted by Gasteiger charge is -2.22. The molecule has 0 saturated carbocycles. The predicted octanol–water partition coefficient (Wildman–Crippen LogP) is 2.80. The second-order valence-corrected chi connectivity index (χ2v) is 6.16. The van der Waals surface area contributed by atoms with Gasteiger partial charge in [-0.15, -0.1) is 0 Å². The van der Waals surface area contributed by atoms with Gasteiger partial charge in [-0.05, 0) is 25.8 Å². The molecule has 0 amide bonds. The molecule has 0 radical (unpaired) electrons. The van der Waals surface area contributed by atoms with Gasteiger partial charge in [0.25, 0.3) is 0 Å². The summed E-state index contributed by atoms with van der Waals surface area (Å²) in [5.74, 6) is 0.711. The molecule has 0 spiro atoms. The van der Waals surface area contributed by atoms with Gasteiger partial charge < -0.3 is 5.32 Å². The molecule has 0 aromatic heterocycles. The van der Waals surface area contributed by atoms with Crippen LogP contribution in [0.15, 0.2) is 24.3 Å². The van der Waals surface area contributed by atoms with Crippen molar-refractivity contribution in [3.8, 4) is 0 Å². The molecule has 0 heterocycles. The second-order valence-electron chi connectivity index (χ2n) is 4.68. The van der Waals surface area contributed by atoms with Crippen molar-refractivity contribution in [2.24, 2.45) is 0 Å². The van der Waals surface area contributed by atoms with Gasteiger partial charge in [0.1, 0.15) is 0 Å². The summed E-state index contributed by atoms with van der Waals surface area (Å²) in [7, 11) is -0.737. The number of benzene rings is 1. The van der Waals surface area contributed by atoms with Gasteiger partial charge in [0.15, 0.2) is 0 Å². The normalized spacial score (nSPS) is 16.5. The van der Waals surface area contributed by atoms with Crippen LogP contribution in [0.1, 0.15) is 37.4 Å². The van der Waals surface area contributed by atoms with Gasteiger partial charge in [-0.2, -0.15) is 0 Å². The molecule has 3 heteroatoms. The van der Waals surface area contributed by atoms with Crippen molar-refractivity contribution in [2.45, 2.75) is 39.3 Å². The molecule has 0 fully saturated rings. The third kappa shape index (κ3) is 5.00. The largest absolute Gasteiger partial charge is 0.307 e. The highest BCUT2D eigenvalue weighted by atomic mass is 32.2. The molecule has 1 aromatic carbocycles. The van der Waals surface area contributed by atoms with E-state index in [2.05, 4.69) is 50.4 Å². The van der Waals surface area contributed by atoms with Crippen LogP contribution in [0.2, 0.25) is 0 Å². The maximum atomic E-state index is 11.2. The van der Waals surface area contributed by atoms with Crippen molar-refractivity contribution in [1.82, 2.24) is 5.32 Å². The molecule has 0 bridgehead atoms. The fraction of sp³-hybridized carbons (Fsp3) is 0.571. The molecular formula is C14H23NOS. The summed E-state index contributed by atoms with van der Waals surface area (Å²) in [4.78, 5) is 0.